The predicted octanol–water partition coefficient (Wildman–Crippen LogP) is 9.05. The molecule has 0 N–H and O–H groups in total. The molecule has 2 radical (unpaired) electrons. The third kappa shape index (κ3) is 24.0. The van der Waals surface area contributed by atoms with Crippen molar-refractivity contribution in [1.82, 2.24) is 5.73 Å². The van der Waals surface area contributed by atoms with Gasteiger partial charge in [0.05, 0.1) is 0 Å². The minimum absolute atomic E-state index is 0.374. The third-order valence-corrected chi connectivity index (χ3v) is 5.76. The maximum Gasteiger partial charge on any atom is 0.0321 e. The lowest BCUT2D eigenvalue weighted by Gasteiger charge is -2.04. The highest BCUT2D eigenvalue weighted by Crippen LogP contribution is 2.15. The summed E-state index contributed by atoms with van der Waals surface area (Å²) in [6.07, 6.45) is 32.6. The first kappa shape index (κ1) is 26.0. The standard InChI is InChI=1S/C25H51N/c1-2-3-4-5-6-7-8-9-10-11-12-13-14-15-16-17-18-19-20-21-22-23-24-25-26/h2-25H2,1H3. The van der Waals surface area contributed by atoms with Gasteiger partial charge in [0.2, 0.25) is 0 Å². The van der Waals surface area contributed by atoms with Crippen LogP contribution >= 0.6 is 0 Å². The number of unbranched alkanes of at least 4 members (excludes halogenated alkanes) is 22. The van der Waals surface area contributed by atoms with E-state index in [1.807, 2.05) is 0 Å². The molecule has 26 heavy (non-hydrogen) atoms. The van der Waals surface area contributed by atoms with Crippen LogP contribution in [-0.2, 0) is 0 Å². The lowest BCUT2D eigenvalue weighted by atomic mass is 10.0. The smallest absolute Gasteiger partial charge is 0.0321 e. The molecule has 0 spiro atoms. The van der Waals surface area contributed by atoms with E-state index in [4.69, 9.17) is 5.73 Å². The first-order valence-electron chi connectivity index (χ1n) is 12.5. The van der Waals surface area contributed by atoms with Crippen molar-refractivity contribution in [2.24, 2.45) is 0 Å². The van der Waals surface area contributed by atoms with E-state index in [2.05, 4.69) is 6.92 Å². The van der Waals surface area contributed by atoms with Crippen molar-refractivity contribution >= 4 is 0 Å². The SMILES string of the molecule is CCCCCCCCCCCCCCCCCCCCCCCCC[N]. The number of hydrogen-bond acceptors (Lipinski definition) is 0. The fourth-order valence-electron chi connectivity index (χ4n) is 3.90. The average molecular weight is 366 g/mol. The van der Waals surface area contributed by atoms with Gasteiger partial charge in [0, 0.05) is 6.54 Å². The Hall–Kier alpha value is -0.0400. The highest BCUT2D eigenvalue weighted by Gasteiger charge is 1.95. The fourth-order valence-corrected chi connectivity index (χ4v) is 3.90. The summed E-state index contributed by atoms with van der Waals surface area (Å²) in [4.78, 5) is 0. The molecule has 0 aliphatic carbocycles. The molecule has 1 heteroatoms. The second-order valence-corrected chi connectivity index (χ2v) is 8.50. The van der Waals surface area contributed by atoms with Gasteiger partial charge in [-0.2, -0.15) is 0 Å². The molecule has 0 amide bonds. The van der Waals surface area contributed by atoms with Gasteiger partial charge in [0.15, 0.2) is 0 Å². The van der Waals surface area contributed by atoms with Crippen LogP contribution < -0.4 is 5.73 Å². The van der Waals surface area contributed by atoms with Crippen molar-refractivity contribution in [1.29, 1.82) is 0 Å². The molecule has 0 saturated heterocycles. The Kier molecular flexibility index (Phi) is 24.9. The zero-order valence-electron chi connectivity index (χ0n) is 18.4. The lowest BCUT2D eigenvalue weighted by Crippen LogP contribution is -1.86. The predicted molar refractivity (Wildman–Crippen MR) is 119 cm³/mol. The monoisotopic (exact) mass is 365 g/mol. The molecule has 0 atom stereocenters. The van der Waals surface area contributed by atoms with Gasteiger partial charge in [0.1, 0.15) is 0 Å². The van der Waals surface area contributed by atoms with Gasteiger partial charge in [0.25, 0.3) is 0 Å². The van der Waals surface area contributed by atoms with Gasteiger partial charge in [-0.1, -0.05) is 148 Å². The Balaban J connectivity index is 2.95. The zero-order valence-corrected chi connectivity index (χ0v) is 18.4. The van der Waals surface area contributed by atoms with E-state index in [0.29, 0.717) is 6.54 Å². The number of hydrogen-bond donors (Lipinski definition) is 0. The Morgan fingerprint density at radius 3 is 0.692 bits per heavy atom. The van der Waals surface area contributed by atoms with E-state index in [0.717, 1.165) is 6.42 Å². The Bertz CT molecular complexity index is 202. The largest absolute Gasteiger partial charge is 0.145 e. The van der Waals surface area contributed by atoms with Crippen LogP contribution in [0.2, 0.25) is 0 Å². The van der Waals surface area contributed by atoms with Crippen molar-refractivity contribution in [3.8, 4) is 0 Å². The van der Waals surface area contributed by atoms with Crippen LogP contribution in [0.15, 0.2) is 0 Å². The number of rotatable bonds is 23. The van der Waals surface area contributed by atoms with Crippen LogP contribution in [0.3, 0.4) is 0 Å². The van der Waals surface area contributed by atoms with E-state index in [1.54, 1.807) is 0 Å². The van der Waals surface area contributed by atoms with Crippen molar-refractivity contribution in [3.63, 3.8) is 0 Å². The summed E-state index contributed by atoms with van der Waals surface area (Å²) >= 11 is 0. The molecular weight excluding hydrogens is 314 g/mol. The molecular formula is C25H51N. The molecule has 0 saturated carbocycles. The Labute approximate surface area is 167 Å². The van der Waals surface area contributed by atoms with Gasteiger partial charge >= 0.3 is 0 Å². The molecule has 0 aromatic heterocycles. The van der Waals surface area contributed by atoms with Gasteiger partial charge < -0.3 is 0 Å². The molecule has 156 valence electrons. The topological polar surface area (TPSA) is 22.3 Å². The quantitative estimate of drug-likeness (QED) is 0.161. The van der Waals surface area contributed by atoms with Crippen LogP contribution in [0, 0.1) is 0 Å². The summed E-state index contributed by atoms with van der Waals surface area (Å²) in [5, 5.41) is 0. The average Bonchev–Trinajstić information content (AvgIpc) is 2.66. The van der Waals surface area contributed by atoms with Gasteiger partial charge in [-0.25, -0.2) is 0 Å². The molecule has 0 rings (SSSR count). The summed E-state index contributed by atoms with van der Waals surface area (Å²) < 4.78 is 0. The molecule has 1 nitrogen and oxygen atoms in total. The molecule has 0 aromatic rings. The number of nitrogens with zero attached hydrogens (tertiary/aromatic N) is 1. The second-order valence-electron chi connectivity index (χ2n) is 8.50. The first-order valence-corrected chi connectivity index (χ1v) is 12.5. The Morgan fingerprint density at radius 2 is 0.500 bits per heavy atom. The fraction of sp³-hybridized carbons (Fsp3) is 1.00. The Morgan fingerprint density at radius 1 is 0.308 bits per heavy atom. The van der Waals surface area contributed by atoms with Crippen molar-refractivity contribution in [2.45, 2.75) is 155 Å². The van der Waals surface area contributed by atoms with Gasteiger partial charge in [-0.15, -0.1) is 5.73 Å². The summed E-state index contributed by atoms with van der Waals surface area (Å²) in [6, 6.07) is 0. The lowest BCUT2D eigenvalue weighted by molar-refractivity contribution is 0.518. The minimum Gasteiger partial charge on any atom is -0.145 e. The van der Waals surface area contributed by atoms with Crippen molar-refractivity contribution in [3.05, 3.63) is 0 Å². The maximum absolute atomic E-state index is 8.73. The van der Waals surface area contributed by atoms with E-state index in [1.165, 1.54) is 141 Å². The van der Waals surface area contributed by atoms with E-state index < -0.39 is 0 Å². The third-order valence-electron chi connectivity index (χ3n) is 5.76. The summed E-state index contributed by atoms with van der Waals surface area (Å²) in [7, 11) is 0. The molecule has 0 aromatic carbocycles. The summed E-state index contributed by atoms with van der Waals surface area (Å²) in [5.41, 5.74) is 8.73. The molecule has 0 unspecified atom stereocenters. The van der Waals surface area contributed by atoms with Crippen LogP contribution in [0.1, 0.15) is 155 Å². The van der Waals surface area contributed by atoms with Crippen LogP contribution in [0.5, 0.6) is 0 Å². The molecule has 0 aliphatic heterocycles. The molecule has 0 heterocycles. The highest BCUT2D eigenvalue weighted by atomic mass is 14.5. The summed E-state index contributed by atoms with van der Waals surface area (Å²) in [5.74, 6) is 0. The van der Waals surface area contributed by atoms with Crippen LogP contribution in [0.4, 0.5) is 0 Å². The maximum atomic E-state index is 8.73. The molecule has 0 aliphatic rings. The van der Waals surface area contributed by atoms with Gasteiger partial charge in [-0.3, -0.25) is 0 Å². The van der Waals surface area contributed by atoms with Crippen molar-refractivity contribution in [2.75, 3.05) is 6.54 Å². The van der Waals surface area contributed by atoms with E-state index in [-0.39, 0.29) is 0 Å². The van der Waals surface area contributed by atoms with Gasteiger partial charge in [-0.05, 0) is 6.42 Å². The second kappa shape index (κ2) is 25.0. The molecule has 0 bridgehead atoms. The van der Waals surface area contributed by atoms with E-state index in [9.17, 15) is 0 Å². The zero-order chi connectivity index (χ0) is 19.0. The normalized spacial score (nSPS) is 11.3. The summed E-state index contributed by atoms with van der Waals surface area (Å²) in [6.45, 7) is 2.67. The van der Waals surface area contributed by atoms with Crippen LogP contribution in [0.25, 0.3) is 0 Å². The minimum atomic E-state index is 0.374. The highest BCUT2D eigenvalue weighted by molar-refractivity contribution is 4.51. The molecule has 0 fully saturated rings. The first-order chi connectivity index (χ1) is 12.9. The van der Waals surface area contributed by atoms with Crippen molar-refractivity contribution < 1.29 is 0 Å². The van der Waals surface area contributed by atoms with E-state index >= 15 is 0 Å². The van der Waals surface area contributed by atoms with Crippen LogP contribution in [-0.4, -0.2) is 6.54 Å².